The second-order valence-corrected chi connectivity index (χ2v) is 12.1. The van der Waals surface area contributed by atoms with E-state index in [2.05, 4.69) is 5.16 Å². The van der Waals surface area contributed by atoms with E-state index in [-0.39, 0.29) is 30.1 Å². The molecule has 4 rings (SSSR count). The first kappa shape index (κ1) is 26.7. The molecule has 6 nitrogen and oxygen atoms in total. The van der Waals surface area contributed by atoms with Crippen molar-refractivity contribution in [2.45, 2.75) is 30.8 Å². The number of benzene rings is 2. The average Bonchev–Trinajstić information content (AvgIpc) is 3.14. The SMILES string of the molecule is CC1(c2cc(Cl)c(Cl)c(C(F)(F)F)c2)CC(c2ccc(C3(F)CN(C(=O)CS(C)(=O)=O)C3)cc2)=NO1. The largest absolute Gasteiger partial charge is 0.417 e. The van der Waals surface area contributed by atoms with Crippen molar-refractivity contribution in [1.29, 1.82) is 0 Å². The zero-order valence-electron chi connectivity index (χ0n) is 19.0. The Balaban J connectivity index is 1.47. The topological polar surface area (TPSA) is 76.0 Å². The van der Waals surface area contributed by atoms with E-state index in [0.717, 1.165) is 17.2 Å². The number of nitrogens with zero attached hydrogens (tertiary/aromatic N) is 2. The number of hydrogen-bond donors (Lipinski definition) is 0. The minimum atomic E-state index is -4.71. The van der Waals surface area contributed by atoms with Crippen LogP contribution in [0.1, 0.15) is 35.6 Å². The van der Waals surface area contributed by atoms with Gasteiger partial charge in [-0.25, -0.2) is 12.8 Å². The number of amides is 1. The van der Waals surface area contributed by atoms with Gasteiger partial charge in [-0.1, -0.05) is 52.6 Å². The number of likely N-dealkylation sites (tertiary alicyclic amines) is 1. The van der Waals surface area contributed by atoms with Crippen molar-refractivity contribution < 1.29 is 35.6 Å². The second kappa shape index (κ2) is 8.88. The normalized spacial score (nSPS) is 21.6. The van der Waals surface area contributed by atoms with Gasteiger partial charge in [-0.3, -0.25) is 4.79 Å². The highest BCUT2D eigenvalue weighted by Crippen LogP contribution is 2.44. The maximum Gasteiger partial charge on any atom is 0.417 e. The summed E-state index contributed by atoms with van der Waals surface area (Å²) < 4.78 is 77.9. The first-order valence-electron chi connectivity index (χ1n) is 10.6. The van der Waals surface area contributed by atoms with Gasteiger partial charge in [0.1, 0.15) is 5.75 Å². The van der Waals surface area contributed by atoms with E-state index >= 15 is 4.39 Å². The fraction of sp³-hybridized carbons (Fsp3) is 0.391. The molecule has 0 aliphatic carbocycles. The van der Waals surface area contributed by atoms with Gasteiger partial charge in [0.25, 0.3) is 0 Å². The second-order valence-electron chi connectivity index (χ2n) is 9.22. The molecule has 1 atom stereocenters. The summed E-state index contributed by atoms with van der Waals surface area (Å²) in [5.74, 6) is -1.33. The fourth-order valence-electron chi connectivity index (χ4n) is 4.14. The van der Waals surface area contributed by atoms with E-state index in [1.54, 1.807) is 19.1 Å². The van der Waals surface area contributed by atoms with Crippen molar-refractivity contribution in [1.82, 2.24) is 4.90 Å². The van der Waals surface area contributed by atoms with Gasteiger partial charge in [0.2, 0.25) is 5.91 Å². The summed E-state index contributed by atoms with van der Waals surface area (Å²) in [7, 11) is -3.51. The van der Waals surface area contributed by atoms with E-state index in [1.165, 1.54) is 18.2 Å². The van der Waals surface area contributed by atoms with Crippen LogP contribution in [0, 0.1) is 0 Å². The first-order chi connectivity index (χ1) is 16.5. The van der Waals surface area contributed by atoms with Crippen molar-refractivity contribution in [3.8, 4) is 0 Å². The molecule has 2 heterocycles. The van der Waals surface area contributed by atoms with Crippen LogP contribution in [0.15, 0.2) is 41.6 Å². The van der Waals surface area contributed by atoms with Crippen LogP contribution >= 0.6 is 23.2 Å². The number of halogens is 6. The van der Waals surface area contributed by atoms with E-state index in [1.807, 2.05) is 0 Å². The lowest BCUT2D eigenvalue weighted by Crippen LogP contribution is -2.59. The minimum Gasteiger partial charge on any atom is -0.384 e. The van der Waals surface area contributed by atoms with Crippen molar-refractivity contribution in [3.63, 3.8) is 0 Å². The van der Waals surface area contributed by atoms with Crippen LogP contribution in [0.4, 0.5) is 17.6 Å². The molecule has 0 aromatic heterocycles. The van der Waals surface area contributed by atoms with Gasteiger partial charge in [0.05, 0.1) is 34.4 Å². The van der Waals surface area contributed by atoms with Crippen LogP contribution in [0.25, 0.3) is 0 Å². The number of alkyl halides is 4. The molecule has 0 bridgehead atoms. The van der Waals surface area contributed by atoms with Gasteiger partial charge in [-0.2, -0.15) is 13.2 Å². The maximum atomic E-state index is 15.2. The number of sulfone groups is 1. The third-order valence-corrected chi connectivity index (χ3v) is 7.74. The Kier molecular flexibility index (Phi) is 6.58. The summed E-state index contributed by atoms with van der Waals surface area (Å²) in [5.41, 5.74) is -2.67. The molecule has 1 unspecified atom stereocenters. The van der Waals surface area contributed by atoms with Crippen molar-refractivity contribution in [2.24, 2.45) is 5.16 Å². The smallest absolute Gasteiger partial charge is 0.384 e. The highest BCUT2D eigenvalue weighted by Gasteiger charge is 2.47. The quantitative estimate of drug-likeness (QED) is 0.472. The first-order valence-corrected chi connectivity index (χ1v) is 13.4. The van der Waals surface area contributed by atoms with Crippen LogP contribution in [0.5, 0.6) is 0 Å². The van der Waals surface area contributed by atoms with Crippen LogP contribution in [-0.2, 0) is 36.9 Å². The van der Waals surface area contributed by atoms with Crippen LogP contribution in [0.3, 0.4) is 0 Å². The van der Waals surface area contributed by atoms with Gasteiger partial charge in [0.15, 0.2) is 21.1 Å². The number of oxime groups is 1. The molecule has 1 fully saturated rings. The molecule has 1 saturated heterocycles. The molecule has 0 saturated carbocycles. The van der Waals surface area contributed by atoms with Gasteiger partial charge in [-0.05, 0) is 30.2 Å². The molecule has 2 aliphatic heterocycles. The number of rotatable bonds is 5. The van der Waals surface area contributed by atoms with Crippen molar-refractivity contribution >= 4 is 44.7 Å². The zero-order chi connectivity index (χ0) is 26.7. The fourth-order valence-corrected chi connectivity index (χ4v) is 5.21. The number of hydrogen-bond acceptors (Lipinski definition) is 5. The Bertz CT molecular complexity index is 1360. The molecule has 2 aliphatic rings. The summed E-state index contributed by atoms with van der Waals surface area (Å²) in [6.07, 6.45) is -3.65. The third kappa shape index (κ3) is 5.19. The molecular weight excluding hydrogens is 547 g/mol. The monoisotopic (exact) mass is 566 g/mol. The van der Waals surface area contributed by atoms with Crippen molar-refractivity contribution in [2.75, 3.05) is 25.1 Å². The highest BCUT2D eigenvalue weighted by atomic mass is 35.5. The molecule has 194 valence electrons. The Labute approximate surface area is 214 Å². The summed E-state index contributed by atoms with van der Waals surface area (Å²) >= 11 is 11.7. The van der Waals surface area contributed by atoms with Crippen LogP contribution in [0.2, 0.25) is 10.0 Å². The van der Waals surface area contributed by atoms with Crippen LogP contribution < -0.4 is 0 Å². The summed E-state index contributed by atoms with van der Waals surface area (Å²) in [4.78, 5) is 18.6. The summed E-state index contributed by atoms with van der Waals surface area (Å²) in [5, 5.41) is 3.17. The predicted molar refractivity (Wildman–Crippen MR) is 127 cm³/mol. The number of carbonyl (C=O) groups is 1. The predicted octanol–water partition coefficient (Wildman–Crippen LogP) is 5.10. The lowest BCUT2D eigenvalue weighted by molar-refractivity contribution is -0.143. The van der Waals surface area contributed by atoms with Gasteiger partial charge in [-0.15, -0.1) is 0 Å². The Morgan fingerprint density at radius 1 is 1.14 bits per heavy atom. The lowest BCUT2D eigenvalue weighted by Gasteiger charge is -2.44. The van der Waals surface area contributed by atoms with E-state index in [9.17, 15) is 26.4 Å². The van der Waals surface area contributed by atoms with Crippen LogP contribution in [-0.4, -0.2) is 50.0 Å². The molecule has 0 radical (unpaired) electrons. The minimum absolute atomic E-state index is 0.121. The van der Waals surface area contributed by atoms with Gasteiger partial charge in [0, 0.05) is 18.2 Å². The third-order valence-electron chi connectivity index (χ3n) is 6.16. The highest BCUT2D eigenvalue weighted by molar-refractivity contribution is 7.91. The van der Waals surface area contributed by atoms with E-state index < -0.39 is 49.5 Å². The standard InChI is InChI=1S/C23H20Cl2F4N2O4S/c1-21(15-7-16(23(27,28)29)20(25)17(24)8-15)9-18(30-35-21)13-3-5-14(6-4-13)22(26)11-31(12-22)19(32)10-36(2,33)34/h3-8H,9-12H2,1-2H3. The molecule has 0 spiro atoms. The zero-order valence-corrected chi connectivity index (χ0v) is 21.3. The van der Waals surface area contributed by atoms with Crippen molar-refractivity contribution in [3.05, 3.63) is 68.7 Å². The molecule has 2 aromatic rings. The molecule has 13 heteroatoms. The Hall–Kier alpha value is -2.37. The van der Waals surface area contributed by atoms with E-state index in [0.29, 0.717) is 16.8 Å². The van der Waals surface area contributed by atoms with E-state index in [4.69, 9.17) is 28.0 Å². The average molecular weight is 567 g/mol. The Morgan fingerprint density at radius 2 is 1.75 bits per heavy atom. The molecular formula is C23H20Cl2F4N2O4S. The summed E-state index contributed by atoms with van der Waals surface area (Å²) in [6, 6.07) is 8.43. The Morgan fingerprint density at radius 3 is 2.31 bits per heavy atom. The molecule has 0 N–H and O–H groups in total. The lowest BCUT2D eigenvalue weighted by atomic mass is 9.85. The summed E-state index contributed by atoms with van der Waals surface area (Å²) in [6.45, 7) is 1.05. The maximum absolute atomic E-state index is 15.2. The van der Waals surface area contributed by atoms with Gasteiger partial charge < -0.3 is 9.74 Å². The van der Waals surface area contributed by atoms with Gasteiger partial charge >= 0.3 is 6.18 Å². The molecule has 36 heavy (non-hydrogen) atoms. The number of carbonyl (C=O) groups excluding carboxylic acids is 1. The molecule has 1 amide bonds. The molecule has 2 aromatic carbocycles.